The molecule has 5 nitrogen and oxygen atoms in total. The van der Waals surface area contributed by atoms with Crippen LogP contribution in [0.1, 0.15) is 18.5 Å². The normalized spacial score (nSPS) is 17.6. The van der Waals surface area contributed by atoms with E-state index in [0.717, 1.165) is 5.56 Å². The van der Waals surface area contributed by atoms with E-state index in [1.807, 2.05) is 37.3 Å². The van der Waals surface area contributed by atoms with Crippen LogP contribution in [0.25, 0.3) is 0 Å². The number of hydrogen-bond donors (Lipinski definition) is 2. The van der Waals surface area contributed by atoms with E-state index in [1.165, 1.54) is 40.9 Å². The van der Waals surface area contributed by atoms with Gasteiger partial charge in [0.05, 0.1) is 11.9 Å². The van der Waals surface area contributed by atoms with Crippen molar-refractivity contribution < 1.29 is 14.0 Å². The summed E-state index contributed by atoms with van der Waals surface area (Å²) in [5, 5.41) is 5.68. The van der Waals surface area contributed by atoms with E-state index < -0.39 is 6.04 Å². The van der Waals surface area contributed by atoms with Crippen LogP contribution in [0.3, 0.4) is 0 Å². The summed E-state index contributed by atoms with van der Waals surface area (Å²) < 4.78 is 13.0. The fourth-order valence-corrected chi connectivity index (χ4v) is 3.88. The highest BCUT2D eigenvalue weighted by atomic mass is 32.2. The zero-order valence-corrected chi connectivity index (χ0v) is 15.1. The smallest absolute Gasteiger partial charge is 0.323 e. The minimum atomic E-state index is -0.536. The fourth-order valence-electron chi connectivity index (χ4n) is 2.72. The van der Waals surface area contributed by atoms with Crippen LogP contribution in [0.5, 0.6) is 0 Å². The molecule has 2 N–H and O–H groups in total. The van der Waals surface area contributed by atoms with Crippen molar-refractivity contribution in [2.24, 2.45) is 0 Å². The third kappa shape index (κ3) is 4.35. The molecule has 1 aliphatic rings. The first-order chi connectivity index (χ1) is 12.5. The number of hydrogen-bond acceptors (Lipinski definition) is 3. The molecular formula is C19H20FN3O2S. The second-order valence-corrected chi connectivity index (χ2v) is 7.06. The van der Waals surface area contributed by atoms with Crippen LogP contribution < -0.4 is 10.6 Å². The molecule has 0 radical (unpaired) electrons. The van der Waals surface area contributed by atoms with Crippen LogP contribution in [0.4, 0.5) is 14.9 Å². The molecule has 1 fully saturated rings. The van der Waals surface area contributed by atoms with Crippen molar-refractivity contribution in [2.75, 3.05) is 16.9 Å². The topological polar surface area (TPSA) is 61.4 Å². The Morgan fingerprint density at radius 1 is 1.15 bits per heavy atom. The second kappa shape index (κ2) is 8.23. The quantitative estimate of drug-likeness (QED) is 0.861. The number of urea groups is 1. The first-order valence-corrected chi connectivity index (χ1v) is 9.46. The van der Waals surface area contributed by atoms with E-state index in [4.69, 9.17) is 0 Å². The lowest BCUT2D eigenvalue weighted by Gasteiger charge is -2.25. The van der Waals surface area contributed by atoms with Gasteiger partial charge < -0.3 is 15.5 Å². The van der Waals surface area contributed by atoms with Crippen molar-refractivity contribution >= 4 is 29.4 Å². The highest BCUT2D eigenvalue weighted by Gasteiger charge is 2.35. The summed E-state index contributed by atoms with van der Waals surface area (Å²) in [5.41, 5.74) is 1.50. The molecular weight excluding hydrogens is 353 g/mol. The summed E-state index contributed by atoms with van der Waals surface area (Å²) in [6.45, 7) is 1.91. The Labute approximate surface area is 156 Å². The van der Waals surface area contributed by atoms with Gasteiger partial charge in [-0.1, -0.05) is 30.3 Å². The number of carbonyl (C=O) groups is 2. The highest BCUT2D eigenvalue weighted by molar-refractivity contribution is 7.99. The van der Waals surface area contributed by atoms with Gasteiger partial charge in [-0.15, -0.1) is 11.8 Å². The molecule has 0 unspecified atom stereocenters. The average molecular weight is 373 g/mol. The summed E-state index contributed by atoms with van der Waals surface area (Å²) in [6, 6.07) is 14.2. The predicted octanol–water partition coefficient (Wildman–Crippen LogP) is 3.61. The average Bonchev–Trinajstić information content (AvgIpc) is 3.14. The summed E-state index contributed by atoms with van der Waals surface area (Å²) in [5.74, 6) is 0.433. The van der Waals surface area contributed by atoms with Crippen molar-refractivity contribution in [3.8, 4) is 0 Å². The lowest BCUT2D eigenvalue weighted by Crippen LogP contribution is -2.49. The van der Waals surface area contributed by atoms with Gasteiger partial charge in [0, 0.05) is 11.4 Å². The Balaban J connectivity index is 1.62. The second-order valence-electron chi connectivity index (χ2n) is 6.06. The molecule has 2 aromatic rings. The van der Waals surface area contributed by atoms with Gasteiger partial charge in [-0.05, 0) is 36.8 Å². The third-order valence-corrected chi connectivity index (χ3v) is 5.21. The molecule has 7 heteroatoms. The molecule has 1 saturated heterocycles. The number of nitrogens with one attached hydrogen (secondary N) is 2. The largest absolute Gasteiger partial charge is 0.348 e. The molecule has 0 spiro atoms. The molecule has 3 amide bonds. The van der Waals surface area contributed by atoms with Crippen molar-refractivity contribution in [1.29, 1.82) is 0 Å². The molecule has 136 valence electrons. The number of benzene rings is 2. The number of rotatable bonds is 4. The SMILES string of the molecule is C[C@@H](NC(=O)[C@H]1CSCN1C(=O)Nc1ccc(F)cc1)c1ccccc1. The Morgan fingerprint density at radius 2 is 1.85 bits per heavy atom. The van der Waals surface area contributed by atoms with Crippen LogP contribution >= 0.6 is 11.8 Å². The zero-order valence-electron chi connectivity index (χ0n) is 14.3. The Hall–Kier alpha value is -2.54. The number of halogens is 1. The zero-order chi connectivity index (χ0) is 18.5. The number of amides is 3. The van der Waals surface area contributed by atoms with Gasteiger partial charge in [-0.3, -0.25) is 4.79 Å². The third-order valence-electron chi connectivity index (χ3n) is 4.20. The van der Waals surface area contributed by atoms with Gasteiger partial charge in [0.2, 0.25) is 5.91 Å². The van der Waals surface area contributed by atoms with Crippen LogP contribution in [0, 0.1) is 5.82 Å². The van der Waals surface area contributed by atoms with Crippen molar-refractivity contribution in [2.45, 2.75) is 19.0 Å². The van der Waals surface area contributed by atoms with Crippen molar-refractivity contribution in [3.63, 3.8) is 0 Å². The van der Waals surface area contributed by atoms with E-state index >= 15 is 0 Å². The van der Waals surface area contributed by atoms with E-state index in [0.29, 0.717) is 17.3 Å². The molecule has 3 rings (SSSR count). The number of nitrogens with zero attached hydrogens (tertiary/aromatic N) is 1. The Morgan fingerprint density at radius 3 is 2.54 bits per heavy atom. The lowest BCUT2D eigenvalue weighted by atomic mass is 10.1. The van der Waals surface area contributed by atoms with Gasteiger partial charge in [-0.25, -0.2) is 9.18 Å². The molecule has 0 aliphatic carbocycles. The summed E-state index contributed by atoms with van der Waals surface area (Å²) in [6.07, 6.45) is 0. The minimum Gasteiger partial charge on any atom is -0.348 e. The molecule has 0 aromatic heterocycles. The van der Waals surface area contributed by atoms with Gasteiger partial charge in [0.15, 0.2) is 0 Å². The number of carbonyl (C=O) groups excluding carboxylic acids is 2. The van der Waals surface area contributed by atoms with Gasteiger partial charge in [0.25, 0.3) is 0 Å². The van der Waals surface area contributed by atoms with Crippen LogP contribution in [0.2, 0.25) is 0 Å². The van der Waals surface area contributed by atoms with Crippen molar-refractivity contribution in [3.05, 3.63) is 66.0 Å². The maximum atomic E-state index is 13.0. The van der Waals surface area contributed by atoms with E-state index in [2.05, 4.69) is 10.6 Å². The van der Waals surface area contributed by atoms with Gasteiger partial charge in [-0.2, -0.15) is 0 Å². The lowest BCUT2D eigenvalue weighted by molar-refractivity contribution is -0.124. The van der Waals surface area contributed by atoms with Gasteiger partial charge in [0.1, 0.15) is 11.9 Å². The maximum absolute atomic E-state index is 13.0. The Kier molecular flexibility index (Phi) is 5.78. The first-order valence-electron chi connectivity index (χ1n) is 8.31. The molecule has 26 heavy (non-hydrogen) atoms. The Bertz CT molecular complexity index is 770. The van der Waals surface area contributed by atoms with E-state index in [-0.39, 0.29) is 23.8 Å². The summed E-state index contributed by atoms with van der Waals surface area (Å²) >= 11 is 1.53. The maximum Gasteiger partial charge on any atom is 0.323 e. The predicted molar refractivity (Wildman–Crippen MR) is 101 cm³/mol. The van der Waals surface area contributed by atoms with Crippen molar-refractivity contribution in [1.82, 2.24) is 10.2 Å². The molecule has 2 atom stereocenters. The first kappa shape index (κ1) is 18.3. The summed E-state index contributed by atoms with van der Waals surface area (Å²) in [7, 11) is 0. The highest BCUT2D eigenvalue weighted by Crippen LogP contribution is 2.23. The minimum absolute atomic E-state index is 0.142. The van der Waals surface area contributed by atoms with E-state index in [1.54, 1.807) is 0 Å². The van der Waals surface area contributed by atoms with Crippen LogP contribution in [-0.2, 0) is 4.79 Å². The van der Waals surface area contributed by atoms with Crippen LogP contribution in [0.15, 0.2) is 54.6 Å². The molecule has 1 aliphatic heterocycles. The molecule has 2 aromatic carbocycles. The number of anilines is 1. The number of thioether (sulfide) groups is 1. The van der Waals surface area contributed by atoms with Crippen LogP contribution in [-0.4, -0.2) is 34.5 Å². The fraction of sp³-hybridized carbons (Fsp3) is 0.263. The molecule has 0 saturated carbocycles. The molecule has 0 bridgehead atoms. The monoisotopic (exact) mass is 373 g/mol. The van der Waals surface area contributed by atoms with Gasteiger partial charge >= 0.3 is 6.03 Å². The van der Waals surface area contributed by atoms with E-state index in [9.17, 15) is 14.0 Å². The molecule has 1 heterocycles. The standard InChI is InChI=1S/C19H20FN3O2S/c1-13(14-5-3-2-4-6-14)21-18(24)17-11-26-12-23(17)19(25)22-16-9-7-15(20)8-10-16/h2-10,13,17H,11-12H2,1H3,(H,21,24)(H,22,25)/t13-,17-/m1/s1. The summed E-state index contributed by atoms with van der Waals surface area (Å²) in [4.78, 5) is 26.6.